The van der Waals surface area contributed by atoms with E-state index in [2.05, 4.69) is 17.2 Å². The molecule has 2 heterocycles. The molecule has 5 nitrogen and oxygen atoms in total. The fraction of sp³-hybridized carbons (Fsp3) is 0.667. The number of pyridine rings is 1. The fourth-order valence-corrected chi connectivity index (χ4v) is 4.23. The molecule has 26 heavy (non-hydrogen) atoms. The van der Waals surface area contributed by atoms with Gasteiger partial charge in [0.05, 0.1) is 11.1 Å². The number of hydrogen-bond acceptors (Lipinski definition) is 3. The number of amides is 2. The van der Waals surface area contributed by atoms with Crippen molar-refractivity contribution in [3.8, 4) is 0 Å². The van der Waals surface area contributed by atoms with Crippen LogP contribution in [0.25, 0.3) is 0 Å². The molecule has 2 fully saturated rings. The number of hydrogen-bond donors (Lipinski definition) is 1. The molecular formula is C21H31N3O2. The predicted octanol–water partition coefficient (Wildman–Crippen LogP) is 3.94. The Morgan fingerprint density at radius 2 is 1.73 bits per heavy atom. The second kappa shape index (κ2) is 9.15. The molecule has 2 amide bonds. The molecule has 0 aromatic carbocycles. The molecule has 1 aromatic rings. The van der Waals surface area contributed by atoms with Crippen LogP contribution in [0.15, 0.2) is 18.5 Å². The van der Waals surface area contributed by atoms with Crippen molar-refractivity contribution in [2.75, 3.05) is 6.54 Å². The van der Waals surface area contributed by atoms with Crippen LogP contribution >= 0.6 is 0 Å². The van der Waals surface area contributed by atoms with E-state index in [9.17, 15) is 9.59 Å². The molecule has 1 unspecified atom stereocenters. The number of rotatable bonds is 4. The first-order valence-corrected chi connectivity index (χ1v) is 10.3. The summed E-state index contributed by atoms with van der Waals surface area (Å²) in [6, 6.07) is 2.26. The summed E-state index contributed by atoms with van der Waals surface area (Å²) in [5.41, 5.74) is 1.02. The van der Waals surface area contributed by atoms with Crippen molar-refractivity contribution in [1.29, 1.82) is 0 Å². The van der Waals surface area contributed by atoms with Gasteiger partial charge in [0.2, 0.25) is 0 Å². The van der Waals surface area contributed by atoms with E-state index in [1.807, 2.05) is 4.90 Å². The lowest BCUT2D eigenvalue weighted by atomic mass is 9.99. The van der Waals surface area contributed by atoms with Gasteiger partial charge in [0.25, 0.3) is 11.8 Å². The number of aromatic nitrogens is 1. The monoisotopic (exact) mass is 357 g/mol. The first-order valence-electron chi connectivity index (χ1n) is 10.3. The lowest BCUT2D eigenvalue weighted by molar-refractivity contribution is 0.0607. The van der Waals surface area contributed by atoms with E-state index in [1.54, 1.807) is 18.5 Å². The van der Waals surface area contributed by atoms with Gasteiger partial charge in [0.1, 0.15) is 0 Å². The Bertz CT molecular complexity index is 623. The van der Waals surface area contributed by atoms with Gasteiger partial charge in [0.15, 0.2) is 0 Å². The Balaban J connectivity index is 1.68. The average Bonchev–Trinajstić information content (AvgIpc) is 2.96. The molecule has 1 aromatic heterocycles. The molecular weight excluding hydrogens is 326 g/mol. The highest BCUT2D eigenvalue weighted by molar-refractivity contribution is 5.99. The number of piperidine rings is 1. The topological polar surface area (TPSA) is 62.3 Å². The van der Waals surface area contributed by atoms with Gasteiger partial charge in [-0.15, -0.1) is 0 Å². The third kappa shape index (κ3) is 4.63. The minimum atomic E-state index is -0.107. The van der Waals surface area contributed by atoms with Gasteiger partial charge in [-0.2, -0.15) is 0 Å². The molecule has 142 valence electrons. The molecule has 2 aliphatic rings. The van der Waals surface area contributed by atoms with E-state index in [1.165, 1.54) is 32.1 Å². The highest BCUT2D eigenvalue weighted by atomic mass is 16.2. The second-order valence-corrected chi connectivity index (χ2v) is 7.68. The minimum absolute atomic E-state index is 0.00756. The van der Waals surface area contributed by atoms with Crippen LogP contribution in [0.4, 0.5) is 0 Å². The third-order valence-corrected chi connectivity index (χ3v) is 5.80. The molecule has 0 spiro atoms. The summed E-state index contributed by atoms with van der Waals surface area (Å²) in [5, 5.41) is 3.14. The van der Waals surface area contributed by atoms with Crippen molar-refractivity contribution in [2.45, 2.75) is 83.2 Å². The van der Waals surface area contributed by atoms with Crippen molar-refractivity contribution >= 4 is 11.8 Å². The van der Waals surface area contributed by atoms with Crippen LogP contribution in [-0.4, -0.2) is 40.3 Å². The van der Waals surface area contributed by atoms with Gasteiger partial charge in [-0.1, -0.05) is 32.6 Å². The van der Waals surface area contributed by atoms with Gasteiger partial charge in [-0.05, 0) is 44.6 Å². The highest BCUT2D eigenvalue weighted by Crippen LogP contribution is 2.22. The fourth-order valence-electron chi connectivity index (χ4n) is 4.23. The molecule has 0 bridgehead atoms. The van der Waals surface area contributed by atoms with Gasteiger partial charge >= 0.3 is 0 Å². The summed E-state index contributed by atoms with van der Waals surface area (Å²) in [4.78, 5) is 31.7. The number of likely N-dealkylation sites (tertiary alicyclic amines) is 1. The number of nitrogens with zero attached hydrogens (tertiary/aromatic N) is 2. The Morgan fingerprint density at radius 1 is 1.04 bits per heavy atom. The van der Waals surface area contributed by atoms with E-state index in [-0.39, 0.29) is 17.9 Å². The first kappa shape index (κ1) is 18.9. The van der Waals surface area contributed by atoms with Crippen molar-refractivity contribution < 1.29 is 9.59 Å². The summed E-state index contributed by atoms with van der Waals surface area (Å²) in [6.45, 7) is 2.93. The molecule has 1 saturated heterocycles. The van der Waals surface area contributed by atoms with Crippen molar-refractivity contribution in [2.24, 2.45) is 0 Å². The van der Waals surface area contributed by atoms with E-state index >= 15 is 0 Å². The largest absolute Gasteiger partial charge is 0.349 e. The molecule has 1 atom stereocenters. The molecule has 1 saturated carbocycles. The molecule has 0 radical (unpaired) electrons. The minimum Gasteiger partial charge on any atom is -0.349 e. The van der Waals surface area contributed by atoms with Crippen LogP contribution in [0.2, 0.25) is 0 Å². The quantitative estimate of drug-likeness (QED) is 0.830. The Hall–Kier alpha value is -1.91. The van der Waals surface area contributed by atoms with Gasteiger partial charge in [0, 0.05) is 31.0 Å². The maximum atomic E-state index is 12.9. The molecule has 5 heteroatoms. The van der Waals surface area contributed by atoms with Crippen LogP contribution in [0, 0.1) is 0 Å². The highest BCUT2D eigenvalue weighted by Gasteiger charge is 2.27. The molecule has 1 aliphatic heterocycles. The van der Waals surface area contributed by atoms with E-state index < -0.39 is 0 Å². The summed E-state index contributed by atoms with van der Waals surface area (Å²) in [5.74, 6) is -0.0992. The van der Waals surface area contributed by atoms with Crippen LogP contribution in [0.3, 0.4) is 0 Å². The van der Waals surface area contributed by atoms with Crippen LogP contribution in [-0.2, 0) is 0 Å². The smallest absolute Gasteiger partial charge is 0.255 e. The Labute approximate surface area is 156 Å². The zero-order valence-corrected chi connectivity index (χ0v) is 15.9. The third-order valence-electron chi connectivity index (χ3n) is 5.80. The van der Waals surface area contributed by atoms with Crippen LogP contribution in [0.5, 0.6) is 0 Å². The lowest BCUT2D eigenvalue weighted by Crippen LogP contribution is -2.43. The van der Waals surface area contributed by atoms with Gasteiger partial charge < -0.3 is 10.2 Å². The normalized spacial score (nSPS) is 21.9. The van der Waals surface area contributed by atoms with E-state index in [0.717, 1.165) is 38.6 Å². The number of carbonyl (C=O) groups is 2. The summed E-state index contributed by atoms with van der Waals surface area (Å²) >= 11 is 0. The maximum Gasteiger partial charge on any atom is 0.255 e. The van der Waals surface area contributed by atoms with Gasteiger partial charge in [-0.25, -0.2) is 0 Å². The lowest BCUT2D eigenvalue weighted by Gasteiger charge is -2.35. The Morgan fingerprint density at radius 3 is 2.46 bits per heavy atom. The van der Waals surface area contributed by atoms with Crippen molar-refractivity contribution in [3.63, 3.8) is 0 Å². The van der Waals surface area contributed by atoms with Crippen LogP contribution in [0.1, 0.15) is 91.8 Å². The molecule has 1 aliphatic carbocycles. The van der Waals surface area contributed by atoms with Crippen molar-refractivity contribution in [1.82, 2.24) is 15.2 Å². The number of carbonyl (C=O) groups excluding carboxylic acids is 2. The Kier molecular flexibility index (Phi) is 6.64. The predicted molar refractivity (Wildman–Crippen MR) is 102 cm³/mol. The summed E-state index contributed by atoms with van der Waals surface area (Å²) in [6.07, 6.45) is 14.4. The standard InChI is InChI=1S/C21H31N3O2/c1-2-19-11-7-8-12-24(19)21(26)17-13-16(14-22-15-17)20(25)23-18-9-5-3-4-6-10-18/h13-15,18-19H,2-12H2,1H3,(H,23,25). The van der Waals surface area contributed by atoms with Gasteiger partial charge in [-0.3, -0.25) is 14.6 Å². The first-order chi connectivity index (χ1) is 12.7. The molecule has 3 rings (SSSR count). The maximum absolute atomic E-state index is 12.9. The van der Waals surface area contributed by atoms with E-state index in [0.29, 0.717) is 17.2 Å². The average molecular weight is 357 g/mol. The zero-order valence-electron chi connectivity index (χ0n) is 15.9. The zero-order chi connectivity index (χ0) is 18.4. The summed E-state index contributed by atoms with van der Waals surface area (Å²) < 4.78 is 0. The molecule has 1 N–H and O–H groups in total. The number of nitrogens with one attached hydrogen (secondary N) is 1. The van der Waals surface area contributed by atoms with E-state index in [4.69, 9.17) is 0 Å². The second-order valence-electron chi connectivity index (χ2n) is 7.68. The summed E-state index contributed by atoms with van der Waals surface area (Å²) in [7, 11) is 0. The van der Waals surface area contributed by atoms with Crippen LogP contribution < -0.4 is 5.32 Å². The van der Waals surface area contributed by atoms with Crippen molar-refractivity contribution in [3.05, 3.63) is 29.6 Å². The SMILES string of the molecule is CCC1CCCCN1C(=O)c1cncc(C(=O)NC2CCCCCC2)c1.